The topological polar surface area (TPSA) is 71.2 Å². The first kappa shape index (κ1) is 21.6. The van der Waals surface area contributed by atoms with Crippen molar-refractivity contribution in [1.29, 1.82) is 0 Å². The molecule has 0 bridgehead atoms. The normalized spacial score (nSPS) is 12.3. The third-order valence-electron chi connectivity index (χ3n) is 4.56. The fourth-order valence-corrected chi connectivity index (χ4v) is 3.06. The van der Waals surface area contributed by atoms with E-state index in [9.17, 15) is 18.0 Å². The smallest absolute Gasteiger partial charge is 0.307 e. The highest BCUT2D eigenvalue weighted by Crippen LogP contribution is 2.36. The highest BCUT2D eigenvalue weighted by molar-refractivity contribution is 6.31. The average Bonchev–Trinajstić information content (AvgIpc) is 2.74. The van der Waals surface area contributed by atoms with Crippen molar-refractivity contribution in [3.63, 3.8) is 0 Å². The minimum absolute atomic E-state index is 0.0636. The molecule has 0 saturated heterocycles. The van der Waals surface area contributed by atoms with E-state index < -0.39 is 28.8 Å². The number of nitrogens with one attached hydrogen (secondary N) is 1. The van der Waals surface area contributed by atoms with Gasteiger partial charge in [-0.05, 0) is 47.9 Å². The maximum absolute atomic E-state index is 13.0. The van der Waals surface area contributed by atoms with Crippen LogP contribution in [0.25, 0.3) is 11.1 Å². The van der Waals surface area contributed by atoms with Crippen LogP contribution in [-0.2, 0) is 6.18 Å². The number of anilines is 1. The molecule has 30 heavy (non-hydrogen) atoms. The van der Waals surface area contributed by atoms with Gasteiger partial charge >= 0.3 is 12.2 Å². The Morgan fingerprint density at radius 2 is 1.83 bits per heavy atom. The summed E-state index contributed by atoms with van der Waals surface area (Å²) in [6, 6.07) is 13.0. The van der Waals surface area contributed by atoms with Crippen LogP contribution in [0.3, 0.4) is 0 Å². The molecule has 2 amide bonds. The molecule has 0 saturated carbocycles. The van der Waals surface area contributed by atoms with E-state index in [0.29, 0.717) is 0 Å². The molecule has 5 nitrogen and oxygen atoms in total. The largest absolute Gasteiger partial charge is 0.417 e. The molecule has 2 aromatic carbocycles. The minimum Gasteiger partial charge on any atom is -0.307 e. The van der Waals surface area contributed by atoms with E-state index in [1.165, 1.54) is 6.07 Å². The van der Waals surface area contributed by atoms with Gasteiger partial charge < -0.3 is 5.32 Å². The molecule has 1 aromatic heterocycles. The fraction of sp³-hybridized carbons (Fsp3) is 0.143. The zero-order chi connectivity index (χ0) is 21.9. The summed E-state index contributed by atoms with van der Waals surface area (Å²) in [4.78, 5) is 16.5. The van der Waals surface area contributed by atoms with Crippen LogP contribution < -0.4 is 11.2 Å². The van der Waals surface area contributed by atoms with E-state index in [4.69, 9.17) is 17.4 Å². The van der Waals surface area contributed by atoms with Crippen molar-refractivity contribution in [2.75, 3.05) is 5.32 Å². The van der Waals surface area contributed by atoms with E-state index >= 15 is 0 Å². The molecule has 1 atom stereocenters. The summed E-state index contributed by atoms with van der Waals surface area (Å²) in [5.41, 5.74) is 1.55. The molecule has 1 heterocycles. The molecule has 3 aromatic rings. The average molecular weight is 435 g/mol. The first-order valence-electron chi connectivity index (χ1n) is 8.89. The zero-order valence-corrected chi connectivity index (χ0v) is 16.6. The molecule has 3 rings (SSSR count). The lowest BCUT2D eigenvalue weighted by molar-refractivity contribution is -0.137. The maximum Gasteiger partial charge on any atom is 0.417 e. The van der Waals surface area contributed by atoms with Gasteiger partial charge in [-0.1, -0.05) is 41.9 Å². The number of hydrogen-bond acceptors (Lipinski definition) is 3. The summed E-state index contributed by atoms with van der Waals surface area (Å²) in [6.45, 7) is 1.71. The lowest BCUT2D eigenvalue weighted by atomic mass is 10.0. The number of hydrazine groups is 1. The Morgan fingerprint density at radius 3 is 2.43 bits per heavy atom. The van der Waals surface area contributed by atoms with Gasteiger partial charge in [0.05, 0.1) is 16.6 Å². The van der Waals surface area contributed by atoms with Gasteiger partial charge in [-0.3, -0.25) is 9.99 Å². The highest BCUT2D eigenvalue weighted by Gasteiger charge is 2.33. The van der Waals surface area contributed by atoms with Crippen LogP contribution in [-0.4, -0.2) is 16.0 Å². The van der Waals surface area contributed by atoms with Gasteiger partial charge in [-0.15, -0.1) is 0 Å². The minimum atomic E-state index is -4.64. The lowest BCUT2D eigenvalue weighted by Crippen LogP contribution is -2.42. The van der Waals surface area contributed by atoms with Crippen molar-refractivity contribution < 1.29 is 18.0 Å². The van der Waals surface area contributed by atoms with Gasteiger partial charge in [0.25, 0.3) is 0 Å². The molecule has 0 fully saturated rings. The van der Waals surface area contributed by atoms with Gasteiger partial charge in [0.2, 0.25) is 0 Å². The number of alkyl halides is 3. The Kier molecular flexibility index (Phi) is 6.28. The van der Waals surface area contributed by atoms with Crippen molar-refractivity contribution in [3.05, 3.63) is 83.1 Å². The van der Waals surface area contributed by atoms with Gasteiger partial charge in [0.1, 0.15) is 0 Å². The zero-order valence-electron chi connectivity index (χ0n) is 15.8. The Bertz CT molecular complexity index is 1030. The first-order chi connectivity index (χ1) is 14.2. The summed E-state index contributed by atoms with van der Waals surface area (Å²) in [6.07, 6.45) is -1.21. The van der Waals surface area contributed by atoms with Crippen LogP contribution in [0.2, 0.25) is 5.02 Å². The molecule has 0 radical (unpaired) electrons. The Balaban J connectivity index is 1.72. The fourth-order valence-electron chi connectivity index (χ4n) is 2.83. The number of nitrogens with zero attached hydrogens (tertiary/aromatic N) is 2. The summed E-state index contributed by atoms with van der Waals surface area (Å²) in [5, 5.41) is 2.83. The van der Waals surface area contributed by atoms with Crippen molar-refractivity contribution in [2.24, 2.45) is 5.84 Å². The number of urea groups is 1. The summed E-state index contributed by atoms with van der Waals surface area (Å²) in [7, 11) is 0. The number of rotatable bonds is 4. The SMILES string of the molecule is CC(c1ccc(-c2cccnc2)cc1)N(N)C(=O)Nc1ccc(Cl)c(C(F)(F)F)c1. The lowest BCUT2D eigenvalue weighted by Gasteiger charge is -2.25. The Morgan fingerprint density at radius 1 is 1.13 bits per heavy atom. The molecule has 0 aliphatic carbocycles. The van der Waals surface area contributed by atoms with Crippen molar-refractivity contribution in [1.82, 2.24) is 9.99 Å². The predicted octanol–water partition coefficient (Wildman–Crippen LogP) is 5.89. The highest BCUT2D eigenvalue weighted by atomic mass is 35.5. The molecule has 9 heteroatoms. The molecule has 1 unspecified atom stereocenters. The maximum atomic E-state index is 13.0. The first-order valence-corrected chi connectivity index (χ1v) is 9.26. The monoisotopic (exact) mass is 434 g/mol. The Labute approximate surface area is 176 Å². The van der Waals surface area contributed by atoms with Crippen LogP contribution in [0.5, 0.6) is 0 Å². The van der Waals surface area contributed by atoms with E-state index in [1.54, 1.807) is 19.3 Å². The molecule has 3 N–H and O–H groups in total. The molecule has 156 valence electrons. The number of aromatic nitrogens is 1. The van der Waals surface area contributed by atoms with E-state index in [0.717, 1.165) is 33.8 Å². The second kappa shape index (κ2) is 8.73. The third-order valence-corrected chi connectivity index (χ3v) is 4.89. The molecular formula is C21H18ClF3N4O. The van der Waals surface area contributed by atoms with E-state index in [2.05, 4.69) is 10.3 Å². The molecule has 0 aliphatic heterocycles. The van der Waals surface area contributed by atoms with E-state index in [1.807, 2.05) is 36.4 Å². The second-order valence-electron chi connectivity index (χ2n) is 6.57. The van der Waals surface area contributed by atoms with Crippen LogP contribution in [0.15, 0.2) is 67.0 Å². The Hall–Kier alpha value is -3.10. The summed E-state index contributed by atoms with van der Waals surface area (Å²) >= 11 is 5.60. The number of benzene rings is 2. The number of carbonyl (C=O) groups excluding carboxylic acids is 1. The van der Waals surface area contributed by atoms with Crippen LogP contribution in [0.4, 0.5) is 23.7 Å². The molecule has 0 spiro atoms. The number of amides is 2. The van der Waals surface area contributed by atoms with Crippen molar-refractivity contribution in [2.45, 2.75) is 19.1 Å². The van der Waals surface area contributed by atoms with Gasteiger partial charge in [0, 0.05) is 18.1 Å². The van der Waals surface area contributed by atoms with Crippen LogP contribution >= 0.6 is 11.6 Å². The van der Waals surface area contributed by atoms with Crippen LogP contribution in [0, 0.1) is 0 Å². The summed E-state index contributed by atoms with van der Waals surface area (Å²) < 4.78 is 39.0. The van der Waals surface area contributed by atoms with E-state index in [-0.39, 0.29) is 5.69 Å². The number of nitrogens with two attached hydrogens (primary N) is 1. The van der Waals surface area contributed by atoms with Gasteiger partial charge in [0.15, 0.2) is 0 Å². The van der Waals surface area contributed by atoms with Gasteiger partial charge in [-0.2, -0.15) is 13.2 Å². The number of pyridine rings is 1. The van der Waals surface area contributed by atoms with Crippen LogP contribution in [0.1, 0.15) is 24.1 Å². The second-order valence-corrected chi connectivity index (χ2v) is 6.98. The number of halogens is 4. The van der Waals surface area contributed by atoms with Crippen molar-refractivity contribution in [3.8, 4) is 11.1 Å². The number of carbonyl (C=O) groups is 1. The quantitative estimate of drug-likeness (QED) is 0.305. The summed E-state index contributed by atoms with van der Waals surface area (Å²) in [5.74, 6) is 5.91. The third kappa shape index (κ3) is 4.90. The van der Waals surface area contributed by atoms with Gasteiger partial charge in [-0.25, -0.2) is 10.6 Å². The molecular weight excluding hydrogens is 417 g/mol. The van der Waals surface area contributed by atoms with Crippen molar-refractivity contribution >= 4 is 23.3 Å². The standard InChI is InChI=1S/C21H18ClF3N4O/c1-13(14-4-6-15(7-5-14)16-3-2-10-27-12-16)29(26)20(30)28-17-8-9-19(22)18(11-17)21(23,24)25/h2-13H,26H2,1H3,(H,28,30). The number of hydrogen-bond donors (Lipinski definition) is 2. The molecule has 0 aliphatic rings. The predicted molar refractivity (Wildman–Crippen MR) is 110 cm³/mol.